The van der Waals surface area contributed by atoms with Crippen LogP contribution in [-0.2, 0) is 14.6 Å². The third kappa shape index (κ3) is 2.77. The van der Waals surface area contributed by atoms with Crippen molar-refractivity contribution in [1.82, 2.24) is 0 Å². The van der Waals surface area contributed by atoms with Gasteiger partial charge < -0.3 is 5.73 Å². The Hall–Kier alpha value is -0.420. The number of Topliss-reactive ketones (excluding diaryl/α,β-unsaturated/α-hetero) is 1. The van der Waals surface area contributed by atoms with Crippen molar-refractivity contribution in [1.29, 1.82) is 0 Å². The highest BCUT2D eigenvalue weighted by atomic mass is 32.2. The fourth-order valence-corrected chi connectivity index (χ4v) is 1.92. The molecule has 0 aromatic rings. The van der Waals surface area contributed by atoms with Gasteiger partial charge in [-0.25, -0.2) is 8.42 Å². The lowest BCUT2D eigenvalue weighted by atomic mass is 9.74. The molecule has 5 heteroatoms. The Labute approximate surface area is 78.4 Å². The molecule has 0 saturated heterocycles. The molecule has 1 saturated carbocycles. The zero-order valence-electron chi connectivity index (χ0n) is 7.75. The molecule has 1 rings (SSSR count). The summed E-state index contributed by atoms with van der Waals surface area (Å²) >= 11 is 0. The van der Waals surface area contributed by atoms with E-state index in [-0.39, 0.29) is 18.0 Å². The maximum absolute atomic E-state index is 11.4. The summed E-state index contributed by atoms with van der Waals surface area (Å²) in [6.07, 6.45) is 3.58. The second-order valence-electron chi connectivity index (χ2n) is 3.81. The SMILES string of the molecule is CS(=O)(=O)CCC(=O)C1(N)CCC1. The normalized spacial score (nSPS) is 20.8. The summed E-state index contributed by atoms with van der Waals surface area (Å²) in [7, 11) is -3.04. The molecule has 1 fully saturated rings. The van der Waals surface area contributed by atoms with E-state index < -0.39 is 15.4 Å². The number of carbonyl (C=O) groups is 1. The fourth-order valence-electron chi connectivity index (χ4n) is 1.36. The maximum atomic E-state index is 11.4. The Morgan fingerprint density at radius 1 is 1.46 bits per heavy atom. The van der Waals surface area contributed by atoms with Crippen LogP contribution in [0, 0.1) is 0 Å². The Kier molecular flexibility index (Phi) is 2.77. The minimum Gasteiger partial charge on any atom is -0.319 e. The molecule has 0 aromatic heterocycles. The van der Waals surface area contributed by atoms with Crippen molar-refractivity contribution in [2.45, 2.75) is 31.2 Å². The molecule has 4 nitrogen and oxygen atoms in total. The molecule has 76 valence electrons. The Morgan fingerprint density at radius 3 is 2.31 bits per heavy atom. The van der Waals surface area contributed by atoms with Crippen LogP contribution in [-0.4, -0.2) is 31.7 Å². The molecule has 1 aliphatic carbocycles. The molecule has 0 radical (unpaired) electrons. The largest absolute Gasteiger partial charge is 0.319 e. The zero-order valence-corrected chi connectivity index (χ0v) is 8.56. The van der Waals surface area contributed by atoms with Gasteiger partial charge in [0.15, 0.2) is 5.78 Å². The number of hydrogen-bond donors (Lipinski definition) is 1. The quantitative estimate of drug-likeness (QED) is 0.693. The molecular formula is C8H15NO3S. The van der Waals surface area contributed by atoms with Crippen LogP contribution in [0.5, 0.6) is 0 Å². The van der Waals surface area contributed by atoms with Gasteiger partial charge in [0.05, 0.1) is 11.3 Å². The van der Waals surface area contributed by atoms with E-state index in [2.05, 4.69) is 0 Å². The summed E-state index contributed by atoms with van der Waals surface area (Å²) in [5, 5.41) is 0. The van der Waals surface area contributed by atoms with Crippen molar-refractivity contribution in [2.75, 3.05) is 12.0 Å². The van der Waals surface area contributed by atoms with Crippen LogP contribution in [0.4, 0.5) is 0 Å². The second-order valence-corrected chi connectivity index (χ2v) is 6.07. The van der Waals surface area contributed by atoms with Gasteiger partial charge in [-0.05, 0) is 19.3 Å². The highest BCUT2D eigenvalue weighted by molar-refractivity contribution is 7.90. The summed E-state index contributed by atoms with van der Waals surface area (Å²) < 4.78 is 21.6. The van der Waals surface area contributed by atoms with Gasteiger partial charge in [0, 0.05) is 12.7 Å². The van der Waals surface area contributed by atoms with E-state index in [1.165, 1.54) is 0 Å². The van der Waals surface area contributed by atoms with Crippen LogP contribution in [0.25, 0.3) is 0 Å². The Morgan fingerprint density at radius 2 is 2.00 bits per heavy atom. The van der Waals surface area contributed by atoms with Crippen molar-refractivity contribution in [3.8, 4) is 0 Å². The average molecular weight is 205 g/mol. The first-order valence-corrected chi connectivity index (χ1v) is 6.39. The predicted molar refractivity (Wildman–Crippen MR) is 50.1 cm³/mol. The van der Waals surface area contributed by atoms with Gasteiger partial charge in [-0.2, -0.15) is 0 Å². The molecule has 0 aromatic carbocycles. The predicted octanol–water partition coefficient (Wildman–Crippen LogP) is -0.128. The lowest BCUT2D eigenvalue weighted by molar-refractivity contribution is -0.126. The summed E-state index contributed by atoms with van der Waals surface area (Å²) in [5.41, 5.74) is 5.03. The highest BCUT2D eigenvalue weighted by Crippen LogP contribution is 2.30. The number of sulfone groups is 1. The van der Waals surface area contributed by atoms with Crippen molar-refractivity contribution in [2.24, 2.45) is 5.73 Å². The van der Waals surface area contributed by atoms with Crippen molar-refractivity contribution < 1.29 is 13.2 Å². The summed E-state index contributed by atoms with van der Waals surface area (Å²) in [6, 6.07) is 0. The number of hydrogen-bond acceptors (Lipinski definition) is 4. The van der Waals surface area contributed by atoms with E-state index >= 15 is 0 Å². The van der Waals surface area contributed by atoms with Crippen molar-refractivity contribution >= 4 is 15.6 Å². The van der Waals surface area contributed by atoms with Crippen molar-refractivity contribution in [3.63, 3.8) is 0 Å². The molecule has 0 spiro atoms. The first-order valence-electron chi connectivity index (χ1n) is 4.33. The third-order valence-electron chi connectivity index (χ3n) is 2.50. The van der Waals surface area contributed by atoms with Gasteiger partial charge in [0.2, 0.25) is 0 Å². The van der Waals surface area contributed by atoms with Crippen LogP contribution in [0.2, 0.25) is 0 Å². The van der Waals surface area contributed by atoms with E-state index in [4.69, 9.17) is 5.73 Å². The highest BCUT2D eigenvalue weighted by Gasteiger charge is 2.39. The summed E-state index contributed by atoms with van der Waals surface area (Å²) in [5.74, 6) is -0.186. The van der Waals surface area contributed by atoms with Crippen LogP contribution < -0.4 is 5.73 Å². The molecule has 1 aliphatic rings. The molecule has 0 heterocycles. The van der Waals surface area contributed by atoms with E-state index in [1.54, 1.807) is 0 Å². The lowest BCUT2D eigenvalue weighted by Crippen LogP contribution is -2.53. The average Bonchev–Trinajstić information content (AvgIpc) is 1.94. The van der Waals surface area contributed by atoms with E-state index in [0.29, 0.717) is 12.8 Å². The molecule has 2 N–H and O–H groups in total. The first kappa shape index (κ1) is 10.7. The van der Waals surface area contributed by atoms with Gasteiger partial charge in [-0.1, -0.05) is 0 Å². The van der Waals surface area contributed by atoms with Crippen molar-refractivity contribution in [3.05, 3.63) is 0 Å². The van der Waals surface area contributed by atoms with Crippen LogP contribution >= 0.6 is 0 Å². The smallest absolute Gasteiger partial charge is 0.153 e. The minimum absolute atomic E-state index is 0.0648. The standard InChI is InChI=1S/C8H15NO3S/c1-13(11,12)6-3-7(10)8(9)4-2-5-8/h2-6,9H2,1H3. The molecule has 13 heavy (non-hydrogen) atoms. The topological polar surface area (TPSA) is 77.2 Å². The van der Waals surface area contributed by atoms with Gasteiger partial charge >= 0.3 is 0 Å². The molecule has 0 bridgehead atoms. The van der Waals surface area contributed by atoms with Gasteiger partial charge in [-0.3, -0.25) is 4.79 Å². The molecule has 0 atom stereocenters. The number of nitrogens with two attached hydrogens (primary N) is 1. The van der Waals surface area contributed by atoms with E-state index in [0.717, 1.165) is 12.7 Å². The Bertz CT molecular complexity index is 303. The Balaban J connectivity index is 2.42. The van der Waals surface area contributed by atoms with Gasteiger partial charge in [0.25, 0.3) is 0 Å². The monoisotopic (exact) mass is 205 g/mol. The number of carbonyl (C=O) groups excluding carboxylic acids is 1. The number of ketones is 1. The van der Waals surface area contributed by atoms with Crippen LogP contribution in [0.3, 0.4) is 0 Å². The minimum atomic E-state index is -3.04. The molecule has 0 aliphatic heterocycles. The lowest BCUT2D eigenvalue weighted by Gasteiger charge is -2.36. The summed E-state index contributed by atoms with van der Waals surface area (Å²) in [6.45, 7) is 0. The second kappa shape index (κ2) is 3.38. The van der Waals surface area contributed by atoms with E-state index in [9.17, 15) is 13.2 Å². The van der Waals surface area contributed by atoms with Crippen LogP contribution in [0.1, 0.15) is 25.7 Å². The fraction of sp³-hybridized carbons (Fsp3) is 0.875. The van der Waals surface area contributed by atoms with Gasteiger partial charge in [0.1, 0.15) is 9.84 Å². The molecule has 0 unspecified atom stereocenters. The third-order valence-corrected chi connectivity index (χ3v) is 3.45. The van der Waals surface area contributed by atoms with Crippen LogP contribution in [0.15, 0.2) is 0 Å². The molecule has 0 amide bonds. The number of rotatable bonds is 4. The zero-order chi connectivity index (χ0) is 10.1. The molecular weight excluding hydrogens is 190 g/mol. The van der Waals surface area contributed by atoms with E-state index in [1.807, 2.05) is 0 Å². The summed E-state index contributed by atoms with van der Waals surface area (Å²) in [4.78, 5) is 11.4. The van der Waals surface area contributed by atoms with Gasteiger partial charge in [-0.15, -0.1) is 0 Å². The first-order chi connectivity index (χ1) is 5.83. The maximum Gasteiger partial charge on any atom is 0.153 e.